The van der Waals surface area contributed by atoms with Crippen LogP contribution in [0.3, 0.4) is 0 Å². The summed E-state index contributed by atoms with van der Waals surface area (Å²) >= 11 is 1.59. The van der Waals surface area contributed by atoms with E-state index in [0.29, 0.717) is 30.4 Å². The third kappa shape index (κ3) is 5.79. The van der Waals surface area contributed by atoms with Crippen LogP contribution in [-0.4, -0.2) is 13.2 Å². The molecule has 7 heteroatoms. The Bertz CT molecular complexity index is 688. The molecule has 130 valence electrons. The summed E-state index contributed by atoms with van der Waals surface area (Å²) in [5, 5.41) is 9.13. The summed E-state index contributed by atoms with van der Waals surface area (Å²) in [6, 6.07) is 11.8. The van der Waals surface area contributed by atoms with Gasteiger partial charge in [0.25, 0.3) is 0 Å². The Labute approximate surface area is 159 Å². The van der Waals surface area contributed by atoms with Crippen LogP contribution in [0, 0.1) is 12.3 Å². The highest BCUT2D eigenvalue weighted by Crippen LogP contribution is 2.42. The largest absolute Gasteiger partial charge is 1.00 e. The van der Waals surface area contributed by atoms with Crippen LogP contribution in [0.15, 0.2) is 46.2 Å². The van der Waals surface area contributed by atoms with Crippen molar-refractivity contribution in [3.05, 3.63) is 46.9 Å². The first-order valence-electron chi connectivity index (χ1n) is 7.21. The van der Waals surface area contributed by atoms with Crippen LogP contribution in [0.1, 0.15) is 19.4 Å². The second-order valence-corrected chi connectivity index (χ2v) is 5.76. The zero-order valence-corrected chi connectivity index (χ0v) is 16.2. The molecule has 0 saturated carbocycles. The lowest BCUT2D eigenvalue weighted by molar-refractivity contribution is -0.00000603. The van der Waals surface area contributed by atoms with Crippen LogP contribution >= 0.6 is 24.2 Å². The predicted octanol–water partition coefficient (Wildman–Crippen LogP) is 2.85. The van der Waals surface area contributed by atoms with Crippen molar-refractivity contribution in [2.75, 3.05) is 13.2 Å². The first kappa shape index (κ1) is 22.4. The van der Waals surface area contributed by atoms with Gasteiger partial charge in [0.05, 0.1) is 24.2 Å². The van der Waals surface area contributed by atoms with Crippen LogP contribution < -0.4 is 21.9 Å². The minimum atomic E-state index is 0. The van der Waals surface area contributed by atoms with Gasteiger partial charge in [-0.25, -0.2) is 0 Å². The molecule has 0 aliphatic heterocycles. The Morgan fingerprint density at radius 1 is 1.00 bits per heavy atom. The number of nitrogens with zero attached hydrogens (tertiary/aromatic N) is 2. The minimum Gasteiger partial charge on any atom is -1.00 e. The van der Waals surface area contributed by atoms with Gasteiger partial charge in [-0.3, -0.25) is 0 Å². The molecule has 2 rings (SSSR count). The lowest BCUT2D eigenvalue weighted by Crippen LogP contribution is -3.00. The average molecular weight is 387 g/mol. The van der Waals surface area contributed by atoms with Gasteiger partial charge in [-0.2, -0.15) is 0 Å². The monoisotopic (exact) mass is 386 g/mol. The van der Waals surface area contributed by atoms with E-state index in [4.69, 9.17) is 14.9 Å². The van der Waals surface area contributed by atoms with Gasteiger partial charge in [-0.05, 0) is 32.9 Å². The number of diazo groups is 1. The predicted molar refractivity (Wildman–Crippen MR) is 96.1 cm³/mol. The second-order valence-electron chi connectivity index (χ2n) is 4.65. The molecule has 0 fully saturated rings. The van der Waals surface area contributed by atoms with Crippen LogP contribution in [0.4, 0.5) is 5.69 Å². The van der Waals surface area contributed by atoms with E-state index in [1.807, 2.05) is 19.9 Å². The maximum Gasteiger partial charge on any atom is 0.430 e. The summed E-state index contributed by atoms with van der Waals surface area (Å²) in [4.78, 5) is 5.32. The van der Waals surface area contributed by atoms with Crippen molar-refractivity contribution < 1.29 is 21.9 Å². The maximum atomic E-state index is 9.13. The van der Waals surface area contributed by atoms with E-state index in [1.54, 1.807) is 17.8 Å². The summed E-state index contributed by atoms with van der Waals surface area (Å²) < 4.78 is 11.2. The Morgan fingerprint density at radius 3 is 2.12 bits per heavy atom. The lowest BCUT2D eigenvalue weighted by atomic mass is 10.2. The fourth-order valence-electron chi connectivity index (χ4n) is 1.96. The number of hydrogen-bond acceptors (Lipinski definition) is 4. The summed E-state index contributed by atoms with van der Waals surface area (Å²) in [6.45, 7) is 6.92. The molecule has 0 saturated heterocycles. The molecule has 0 N–H and O–H groups in total. The van der Waals surface area contributed by atoms with Crippen molar-refractivity contribution in [3.8, 4) is 11.5 Å². The van der Waals surface area contributed by atoms with Gasteiger partial charge in [-0.15, -0.1) is 12.4 Å². The van der Waals surface area contributed by atoms with E-state index in [2.05, 4.69) is 36.2 Å². The van der Waals surface area contributed by atoms with Crippen molar-refractivity contribution in [1.82, 2.24) is 0 Å². The molecular weight excluding hydrogens is 367 g/mol. The zero-order valence-electron chi connectivity index (χ0n) is 13.8. The number of ether oxygens (including phenoxy) is 2. The zero-order chi connectivity index (χ0) is 15.9. The van der Waals surface area contributed by atoms with Crippen molar-refractivity contribution in [1.29, 1.82) is 5.39 Å². The van der Waals surface area contributed by atoms with Crippen LogP contribution in [0.25, 0.3) is 4.98 Å². The van der Waals surface area contributed by atoms with E-state index in [1.165, 1.54) is 5.56 Å². The van der Waals surface area contributed by atoms with E-state index >= 15 is 0 Å². The molecular formula is C17H20Cl2N2O2S. The van der Waals surface area contributed by atoms with E-state index in [0.717, 1.165) is 9.79 Å². The highest BCUT2D eigenvalue weighted by atomic mass is 35.5. The van der Waals surface area contributed by atoms with Gasteiger partial charge in [0.15, 0.2) is 4.98 Å². The molecule has 2 aromatic carbocycles. The van der Waals surface area contributed by atoms with Gasteiger partial charge in [0.1, 0.15) is 5.75 Å². The summed E-state index contributed by atoms with van der Waals surface area (Å²) in [5.74, 6) is 1.23. The molecule has 2 aromatic rings. The van der Waals surface area contributed by atoms with Crippen LogP contribution in [0.2, 0.25) is 0 Å². The fourth-order valence-corrected chi connectivity index (χ4v) is 2.87. The smallest absolute Gasteiger partial charge is 0.430 e. The Kier molecular flexibility index (Phi) is 10.3. The highest BCUT2D eigenvalue weighted by molar-refractivity contribution is 7.99. The third-order valence-corrected chi connectivity index (χ3v) is 4.03. The number of benzene rings is 2. The molecule has 0 atom stereocenters. The quantitative estimate of drug-likeness (QED) is 0.716. The van der Waals surface area contributed by atoms with E-state index < -0.39 is 0 Å². The summed E-state index contributed by atoms with van der Waals surface area (Å²) in [6.07, 6.45) is 0. The maximum absolute atomic E-state index is 9.13. The number of aryl methyl sites for hydroxylation is 1. The molecule has 0 radical (unpaired) electrons. The third-order valence-electron chi connectivity index (χ3n) is 2.98. The molecule has 0 spiro atoms. The molecule has 0 amide bonds. The van der Waals surface area contributed by atoms with E-state index in [-0.39, 0.29) is 24.8 Å². The molecule has 24 heavy (non-hydrogen) atoms. The normalized spacial score (nSPS) is 9.25. The van der Waals surface area contributed by atoms with Crippen molar-refractivity contribution in [2.45, 2.75) is 30.6 Å². The second kappa shape index (κ2) is 11.0. The number of rotatable bonds is 6. The molecule has 0 aliphatic rings. The molecule has 0 heterocycles. The van der Waals surface area contributed by atoms with Gasteiger partial charge in [-0.1, -0.05) is 29.5 Å². The molecule has 0 aromatic heterocycles. The van der Waals surface area contributed by atoms with Crippen molar-refractivity contribution in [2.24, 2.45) is 0 Å². The summed E-state index contributed by atoms with van der Waals surface area (Å²) in [5.41, 5.74) is 1.59. The first-order valence-corrected chi connectivity index (χ1v) is 8.02. The van der Waals surface area contributed by atoms with E-state index in [9.17, 15) is 0 Å². The number of halogens is 2. The topological polar surface area (TPSA) is 46.6 Å². The first-order chi connectivity index (χ1) is 10.7. The Hall–Kier alpha value is -1.61. The fraction of sp³-hybridized carbons (Fsp3) is 0.294. The standard InChI is InChI=1S/C17H19N2O2S.2ClH/c1-4-20-15-11-17(16(21-5-2)10-14(15)19-18)22-13-8-6-12(3)7-9-13;;/h6-11H,4-5H2,1-3H3;2*1H/q+1;;/p-1. The molecule has 0 aliphatic carbocycles. The SMILES string of the molecule is CCOc1cc(Sc2ccc(C)cc2)c(OCC)cc1[N+]#N.Cl.[Cl-]. The highest BCUT2D eigenvalue weighted by Gasteiger charge is 2.21. The van der Waals surface area contributed by atoms with Crippen LogP contribution in [-0.2, 0) is 0 Å². The van der Waals surface area contributed by atoms with Crippen molar-refractivity contribution >= 4 is 29.9 Å². The van der Waals surface area contributed by atoms with Gasteiger partial charge >= 0.3 is 5.69 Å². The van der Waals surface area contributed by atoms with Gasteiger partial charge < -0.3 is 21.9 Å². The van der Waals surface area contributed by atoms with Gasteiger partial charge in [0, 0.05) is 11.0 Å². The average Bonchev–Trinajstić information content (AvgIpc) is 2.52. The van der Waals surface area contributed by atoms with Crippen molar-refractivity contribution in [3.63, 3.8) is 0 Å². The lowest BCUT2D eigenvalue weighted by Gasteiger charge is -2.11. The molecule has 0 unspecified atom stereocenters. The minimum absolute atomic E-state index is 0. The number of hydrogen-bond donors (Lipinski definition) is 0. The summed E-state index contributed by atoms with van der Waals surface area (Å²) in [7, 11) is 0. The Balaban J connectivity index is 0.00000264. The molecule has 4 nitrogen and oxygen atoms in total. The Morgan fingerprint density at radius 2 is 1.58 bits per heavy atom. The van der Waals surface area contributed by atoms with Gasteiger partial charge in [0.2, 0.25) is 11.1 Å². The van der Waals surface area contributed by atoms with Crippen LogP contribution in [0.5, 0.6) is 11.5 Å². The molecule has 0 bridgehead atoms.